The fourth-order valence-corrected chi connectivity index (χ4v) is 3.80. The number of thioether (sulfide) groups is 1. The smallest absolute Gasteiger partial charge is 0.227 e. The molecule has 24 heavy (non-hydrogen) atoms. The first-order chi connectivity index (χ1) is 11.7. The molecule has 0 atom stereocenters. The van der Waals surface area contributed by atoms with Gasteiger partial charge in [0.25, 0.3) is 0 Å². The molecule has 2 N–H and O–H groups in total. The quantitative estimate of drug-likeness (QED) is 0.628. The van der Waals surface area contributed by atoms with E-state index in [1.807, 2.05) is 24.3 Å². The third-order valence-corrected chi connectivity index (χ3v) is 5.38. The van der Waals surface area contributed by atoms with Crippen molar-refractivity contribution in [1.29, 1.82) is 0 Å². The monoisotopic (exact) mass is 358 g/mol. The Morgan fingerprint density at radius 3 is 2.71 bits per heavy atom. The van der Waals surface area contributed by atoms with Crippen molar-refractivity contribution < 1.29 is 4.79 Å². The van der Waals surface area contributed by atoms with E-state index < -0.39 is 0 Å². The molecule has 0 aliphatic rings. The van der Waals surface area contributed by atoms with Crippen molar-refractivity contribution in [2.24, 2.45) is 5.73 Å². The van der Waals surface area contributed by atoms with Gasteiger partial charge in [-0.3, -0.25) is 4.79 Å². The minimum Gasteiger partial charge on any atom is -0.369 e. The van der Waals surface area contributed by atoms with Gasteiger partial charge in [-0.05, 0) is 23.4 Å². The van der Waals surface area contributed by atoms with E-state index in [-0.39, 0.29) is 11.7 Å². The fourth-order valence-electron chi connectivity index (χ4n) is 2.37. The third-order valence-electron chi connectivity index (χ3n) is 3.52. The van der Waals surface area contributed by atoms with E-state index in [1.54, 1.807) is 11.3 Å². The van der Waals surface area contributed by atoms with Gasteiger partial charge in [0, 0.05) is 17.8 Å². The maximum atomic E-state index is 11.1. The van der Waals surface area contributed by atoms with E-state index in [0.717, 1.165) is 30.4 Å². The highest BCUT2D eigenvalue weighted by atomic mass is 32.2. The summed E-state index contributed by atoms with van der Waals surface area (Å²) in [6.45, 7) is 0.777. The van der Waals surface area contributed by atoms with E-state index in [1.165, 1.54) is 22.2 Å². The minimum absolute atomic E-state index is 0.211. The Morgan fingerprint density at radius 1 is 1.17 bits per heavy atom. The van der Waals surface area contributed by atoms with Crippen molar-refractivity contribution in [3.63, 3.8) is 0 Å². The Balaban J connectivity index is 1.78. The number of thiophene rings is 1. The maximum Gasteiger partial charge on any atom is 0.227 e. The molecule has 0 saturated carbocycles. The molecular formula is C17H18N4OS2. The van der Waals surface area contributed by atoms with Gasteiger partial charge in [0.05, 0.1) is 5.75 Å². The van der Waals surface area contributed by atoms with Crippen molar-refractivity contribution in [2.45, 2.75) is 24.5 Å². The van der Waals surface area contributed by atoms with Gasteiger partial charge in [0.15, 0.2) is 5.16 Å². The van der Waals surface area contributed by atoms with Crippen molar-refractivity contribution in [2.75, 3.05) is 5.75 Å². The molecule has 0 radical (unpaired) electrons. The Bertz CT molecular complexity index is 784. The van der Waals surface area contributed by atoms with Crippen LogP contribution in [0.5, 0.6) is 0 Å². The summed E-state index contributed by atoms with van der Waals surface area (Å²) in [6, 6.07) is 14.4. The molecule has 3 aromatic rings. The first kappa shape index (κ1) is 16.7. The highest BCUT2D eigenvalue weighted by Gasteiger charge is 2.14. The van der Waals surface area contributed by atoms with Crippen LogP contribution in [-0.4, -0.2) is 26.4 Å². The van der Waals surface area contributed by atoms with Crippen LogP contribution >= 0.6 is 23.1 Å². The lowest BCUT2D eigenvalue weighted by Crippen LogP contribution is -2.14. The van der Waals surface area contributed by atoms with E-state index in [2.05, 4.69) is 38.3 Å². The molecule has 1 aromatic carbocycles. The molecular weight excluding hydrogens is 340 g/mol. The van der Waals surface area contributed by atoms with Crippen LogP contribution in [0.2, 0.25) is 0 Å². The number of hydrogen-bond acceptors (Lipinski definition) is 5. The van der Waals surface area contributed by atoms with Crippen LogP contribution < -0.4 is 5.73 Å². The number of nitrogens with zero attached hydrogens (tertiary/aromatic N) is 3. The number of rotatable bonds is 8. The Labute approximate surface area is 148 Å². The number of aromatic nitrogens is 3. The number of hydrogen-bond donors (Lipinski definition) is 1. The van der Waals surface area contributed by atoms with Crippen LogP contribution in [0.15, 0.2) is 53.0 Å². The van der Waals surface area contributed by atoms with Crippen LogP contribution in [0.4, 0.5) is 0 Å². The van der Waals surface area contributed by atoms with Crippen LogP contribution in [0, 0.1) is 0 Å². The van der Waals surface area contributed by atoms with Gasteiger partial charge in [-0.15, -0.1) is 21.5 Å². The average Bonchev–Trinajstić information content (AvgIpc) is 3.22. The second kappa shape index (κ2) is 8.12. The minimum atomic E-state index is -0.350. The summed E-state index contributed by atoms with van der Waals surface area (Å²) in [6.07, 6.45) is 1.64. The first-order valence-corrected chi connectivity index (χ1v) is 9.48. The summed E-state index contributed by atoms with van der Waals surface area (Å²) >= 11 is 3.05. The first-order valence-electron chi connectivity index (χ1n) is 7.62. The predicted octanol–water partition coefficient (Wildman–Crippen LogP) is 2.75. The normalized spacial score (nSPS) is 10.8. The second-order valence-electron chi connectivity index (χ2n) is 5.30. The molecule has 3 rings (SSSR count). The largest absolute Gasteiger partial charge is 0.369 e. The fraction of sp³-hybridized carbons (Fsp3) is 0.235. The van der Waals surface area contributed by atoms with Crippen LogP contribution in [0.25, 0.3) is 0 Å². The zero-order chi connectivity index (χ0) is 16.8. The summed E-state index contributed by atoms with van der Waals surface area (Å²) < 4.78 is 2.10. The standard InChI is InChI=1S/C17H18N4OS2/c18-15(22)12-24-17-20-19-16(11-14-7-4-10-23-14)21(17)9-8-13-5-2-1-3-6-13/h1-7,10H,8-9,11-12H2,(H2,18,22). The summed E-state index contributed by atoms with van der Waals surface area (Å²) in [5, 5.41) is 11.4. The zero-order valence-corrected chi connectivity index (χ0v) is 14.7. The molecule has 2 heterocycles. The Kier molecular flexibility index (Phi) is 5.66. The molecule has 124 valence electrons. The number of primary amides is 1. The van der Waals surface area contributed by atoms with Gasteiger partial charge in [0.1, 0.15) is 5.82 Å². The summed E-state index contributed by atoms with van der Waals surface area (Å²) in [4.78, 5) is 12.3. The van der Waals surface area contributed by atoms with E-state index in [4.69, 9.17) is 5.73 Å². The average molecular weight is 358 g/mol. The number of carbonyl (C=O) groups excluding carboxylic acids is 1. The molecule has 0 unspecified atom stereocenters. The lowest BCUT2D eigenvalue weighted by Gasteiger charge is -2.09. The van der Waals surface area contributed by atoms with E-state index >= 15 is 0 Å². The number of carbonyl (C=O) groups is 1. The second-order valence-corrected chi connectivity index (χ2v) is 7.27. The Hall–Kier alpha value is -2.12. The van der Waals surface area contributed by atoms with Crippen molar-refractivity contribution in [3.8, 4) is 0 Å². The van der Waals surface area contributed by atoms with Gasteiger partial charge in [-0.25, -0.2) is 0 Å². The van der Waals surface area contributed by atoms with Crippen molar-refractivity contribution in [1.82, 2.24) is 14.8 Å². The zero-order valence-electron chi connectivity index (χ0n) is 13.1. The number of amides is 1. The molecule has 2 aromatic heterocycles. The molecule has 1 amide bonds. The molecule has 5 nitrogen and oxygen atoms in total. The molecule has 0 bridgehead atoms. The lowest BCUT2D eigenvalue weighted by atomic mass is 10.1. The molecule has 0 aliphatic heterocycles. The predicted molar refractivity (Wildman–Crippen MR) is 97.2 cm³/mol. The van der Waals surface area contributed by atoms with Gasteiger partial charge in [-0.1, -0.05) is 48.2 Å². The maximum absolute atomic E-state index is 11.1. The van der Waals surface area contributed by atoms with Gasteiger partial charge < -0.3 is 10.3 Å². The van der Waals surface area contributed by atoms with Crippen molar-refractivity contribution >= 4 is 29.0 Å². The summed E-state index contributed by atoms with van der Waals surface area (Å²) in [5.41, 5.74) is 6.52. The Morgan fingerprint density at radius 2 is 2.00 bits per heavy atom. The summed E-state index contributed by atoms with van der Waals surface area (Å²) in [7, 11) is 0. The number of benzene rings is 1. The van der Waals surface area contributed by atoms with Crippen molar-refractivity contribution in [3.05, 3.63) is 64.1 Å². The SMILES string of the molecule is NC(=O)CSc1nnc(Cc2cccs2)n1CCc1ccccc1. The van der Waals surface area contributed by atoms with Crippen LogP contribution in [0.3, 0.4) is 0 Å². The highest BCUT2D eigenvalue weighted by molar-refractivity contribution is 7.99. The summed E-state index contributed by atoms with van der Waals surface area (Å²) in [5.74, 6) is 0.778. The third kappa shape index (κ3) is 4.46. The van der Waals surface area contributed by atoms with Crippen LogP contribution in [-0.2, 0) is 24.2 Å². The van der Waals surface area contributed by atoms with E-state index in [9.17, 15) is 4.79 Å². The van der Waals surface area contributed by atoms with Crippen LogP contribution in [0.1, 0.15) is 16.3 Å². The number of nitrogens with two attached hydrogens (primary N) is 1. The van der Waals surface area contributed by atoms with Gasteiger partial charge in [0.2, 0.25) is 5.91 Å². The number of aryl methyl sites for hydroxylation is 1. The molecule has 0 saturated heterocycles. The lowest BCUT2D eigenvalue weighted by molar-refractivity contribution is -0.115. The molecule has 7 heteroatoms. The molecule has 0 fully saturated rings. The van der Waals surface area contributed by atoms with Gasteiger partial charge in [-0.2, -0.15) is 0 Å². The molecule has 0 aliphatic carbocycles. The molecule has 0 spiro atoms. The van der Waals surface area contributed by atoms with Gasteiger partial charge >= 0.3 is 0 Å². The topological polar surface area (TPSA) is 73.8 Å². The highest BCUT2D eigenvalue weighted by Crippen LogP contribution is 2.21. The van der Waals surface area contributed by atoms with E-state index in [0.29, 0.717) is 0 Å².